The normalized spacial score (nSPS) is 21.8. The Bertz CT molecular complexity index is 867. The number of rotatable bonds is 9. The second-order valence-corrected chi connectivity index (χ2v) is 9.61. The van der Waals surface area contributed by atoms with Crippen LogP contribution in [-0.4, -0.2) is 51.4 Å². The maximum atomic E-state index is 12.9. The van der Waals surface area contributed by atoms with E-state index in [0.29, 0.717) is 24.5 Å². The number of hydrogen-bond acceptors (Lipinski definition) is 4. The molecule has 1 aliphatic heterocycles. The molecule has 31 heavy (non-hydrogen) atoms. The van der Waals surface area contributed by atoms with Gasteiger partial charge in [0.1, 0.15) is 17.8 Å². The highest BCUT2D eigenvalue weighted by atomic mass is 16.4. The summed E-state index contributed by atoms with van der Waals surface area (Å²) in [5.74, 6) is -2.49. The van der Waals surface area contributed by atoms with Gasteiger partial charge in [-0.1, -0.05) is 12.8 Å². The molecule has 0 aromatic carbocycles. The highest BCUT2D eigenvalue weighted by molar-refractivity contribution is 5.97. The third kappa shape index (κ3) is 5.86. The average molecular weight is 433 g/mol. The minimum absolute atomic E-state index is 0.00937. The van der Waals surface area contributed by atoms with Gasteiger partial charge < -0.3 is 26.0 Å². The van der Waals surface area contributed by atoms with Crippen LogP contribution in [0.4, 0.5) is 0 Å². The van der Waals surface area contributed by atoms with Crippen LogP contribution in [0.15, 0.2) is 6.07 Å². The fourth-order valence-corrected chi connectivity index (χ4v) is 4.10. The topological polar surface area (TPSA) is 140 Å². The predicted molar refractivity (Wildman–Crippen MR) is 113 cm³/mol. The lowest BCUT2D eigenvalue weighted by atomic mass is 9.91. The first-order valence-corrected chi connectivity index (χ1v) is 10.8. The van der Waals surface area contributed by atoms with E-state index < -0.39 is 41.3 Å². The number of carboxylic acid groups (broad SMARTS) is 1. The van der Waals surface area contributed by atoms with Gasteiger partial charge in [-0.05, 0) is 64.5 Å². The fourth-order valence-electron chi connectivity index (χ4n) is 4.10. The molecule has 3 unspecified atom stereocenters. The summed E-state index contributed by atoms with van der Waals surface area (Å²) >= 11 is 0. The van der Waals surface area contributed by atoms with Gasteiger partial charge in [0.2, 0.25) is 11.8 Å². The molecule has 2 heterocycles. The third-order valence-corrected chi connectivity index (χ3v) is 6.13. The van der Waals surface area contributed by atoms with Crippen LogP contribution in [0.25, 0.3) is 0 Å². The Morgan fingerprint density at radius 3 is 2.32 bits per heavy atom. The Morgan fingerprint density at radius 2 is 1.84 bits per heavy atom. The van der Waals surface area contributed by atoms with Crippen LogP contribution in [-0.2, 0) is 14.4 Å². The minimum atomic E-state index is -1.20. The zero-order valence-electron chi connectivity index (χ0n) is 18.5. The highest BCUT2D eigenvalue weighted by Crippen LogP contribution is 2.34. The van der Waals surface area contributed by atoms with Crippen LogP contribution in [0.5, 0.6) is 0 Å². The SMILES string of the molecule is Cc1cc(C(=O)NC(CC2CC2)C(=O)NC(CC2CC(C)(C)NC2=O)C(=O)O)[nH]c1C. The van der Waals surface area contributed by atoms with Crippen molar-refractivity contribution < 1.29 is 24.3 Å². The number of carboxylic acids is 1. The van der Waals surface area contributed by atoms with E-state index in [0.717, 1.165) is 24.1 Å². The monoisotopic (exact) mass is 432 g/mol. The van der Waals surface area contributed by atoms with Gasteiger partial charge in [0.15, 0.2) is 0 Å². The Balaban J connectivity index is 1.67. The first-order chi connectivity index (χ1) is 14.4. The number of carbonyl (C=O) groups is 4. The summed E-state index contributed by atoms with van der Waals surface area (Å²) in [6.07, 6.45) is 2.94. The maximum Gasteiger partial charge on any atom is 0.326 e. The summed E-state index contributed by atoms with van der Waals surface area (Å²) in [6, 6.07) is -0.317. The van der Waals surface area contributed by atoms with Crippen molar-refractivity contribution in [3.05, 3.63) is 23.0 Å². The molecule has 9 nitrogen and oxygen atoms in total. The fraction of sp³-hybridized carbons (Fsp3) is 0.636. The molecular formula is C22H32N4O5. The van der Waals surface area contributed by atoms with Crippen LogP contribution in [0.3, 0.4) is 0 Å². The quantitative estimate of drug-likeness (QED) is 0.401. The predicted octanol–water partition coefficient (Wildman–Crippen LogP) is 1.40. The van der Waals surface area contributed by atoms with Crippen molar-refractivity contribution in [2.45, 2.75) is 77.4 Å². The number of hydrogen-bond donors (Lipinski definition) is 5. The van der Waals surface area contributed by atoms with Crippen LogP contribution in [0.2, 0.25) is 0 Å². The summed E-state index contributed by atoms with van der Waals surface area (Å²) in [6.45, 7) is 7.50. The molecule has 2 fully saturated rings. The summed E-state index contributed by atoms with van der Waals surface area (Å²) in [5.41, 5.74) is 1.78. The Morgan fingerprint density at radius 1 is 1.16 bits per heavy atom. The van der Waals surface area contributed by atoms with Crippen LogP contribution >= 0.6 is 0 Å². The third-order valence-electron chi connectivity index (χ3n) is 6.13. The zero-order valence-corrected chi connectivity index (χ0v) is 18.5. The van der Waals surface area contributed by atoms with Crippen molar-refractivity contribution in [3.63, 3.8) is 0 Å². The maximum absolute atomic E-state index is 12.9. The van der Waals surface area contributed by atoms with E-state index in [2.05, 4.69) is 20.9 Å². The van der Waals surface area contributed by atoms with Gasteiger partial charge in [-0.25, -0.2) is 4.79 Å². The molecular weight excluding hydrogens is 400 g/mol. The summed E-state index contributed by atoms with van der Waals surface area (Å²) in [7, 11) is 0. The van der Waals surface area contributed by atoms with Crippen LogP contribution < -0.4 is 16.0 Å². The number of aromatic nitrogens is 1. The van der Waals surface area contributed by atoms with E-state index in [1.807, 2.05) is 27.7 Å². The Labute approximate surface area is 181 Å². The molecule has 1 aliphatic carbocycles. The van der Waals surface area contributed by atoms with E-state index in [1.54, 1.807) is 6.07 Å². The number of carbonyl (C=O) groups excluding carboxylic acids is 3. The van der Waals surface area contributed by atoms with Gasteiger partial charge >= 0.3 is 5.97 Å². The van der Waals surface area contributed by atoms with E-state index in [4.69, 9.17) is 0 Å². The number of H-pyrrole nitrogens is 1. The molecule has 3 atom stereocenters. The van der Waals surface area contributed by atoms with Crippen LogP contribution in [0, 0.1) is 25.7 Å². The average Bonchev–Trinajstić information content (AvgIpc) is 3.35. The van der Waals surface area contributed by atoms with E-state index >= 15 is 0 Å². The first kappa shape index (κ1) is 22.8. The molecule has 3 rings (SSSR count). The number of aryl methyl sites for hydroxylation is 2. The van der Waals surface area contributed by atoms with Gasteiger partial charge in [0, 0.05) is 17.2 Å². The lowest BCUT2D eigenvalue weighted by Crippen LogP contribution is -2.52. The second-order valence-electron chi connectivity index (χ2n) is 9.61. The van der Waals surface area contributed by atoms with Gasteiger partial charge in [-0.15, -0.1) is 0 Å². The molecule has 0 bridgehead atoms. The molecule has 5 N–H and O–H groups in total. The molecule has 1 aromatic rings. The van der Waals surface area contributed by atoms with Crippen molar-refractivity contribution in [1.82, 2.24) is 20.9 Å². The molecule has 2 aliphatic rings. The molecule has 0 radical (unpaired) electrons. The van der Waals surface area contributed by atoms with Crippen molar-refractivity contribution in [3.8, 4) is 0 Å². The van der Waals surface area contributed by atoms with E-state index in [1.165, 1.54) is 0 Å². The molecule has 1 saturated heterocycles. The number of nitrogens with one attached hydrogen (secondary N) is 4. The van der Waals surface area contributed by atoms with E-state index in [9.17, 15) is 24.3 Å². The molecule has 1 saturated carbocycles. The van der Waals surface area contributed by atoms with Gasteiger partial charge in [-0.3, -0.25) is 14.4 Å². The molecule has 3 amide bonds. The lowest BCUT2D eigenvalue weighted by Gasteiger charge is -2.22. The number of amides is 3. The van der Waals surface area contributed by atoms with Gasteiger partial charge in [0.05, 0.1) is 0 Å². The number of aliphatic carboxylic acids is 1. The van der Waals surface area contributed by atoms with E-state index in [-0.39, 0.29) is 12.3 Å². The Hall–Kier alpha value is -2.84. The first-order valence-electron chi connectivity index (χ1n) is 10.8. The summed E-state index contributed by atoms with van der Waals surface area (Å²) in [4.78, 5) is 52.6. The van der Waals surface area contributed by atoms with Crippen molar-refractivity contribution in [2.24, 2.45) is 11.8 Å². The molecule has 0 spiro atoms. The standard InChI is InChI=1S/C22H32N4O5/c1-11-7-15(23-12(11)2)19(28)24-16(8-13-5-6-13)20(29)25-17(21(30)31)9-14-10-22(3,4)26-18(14)27/h7,13-14,16-17,23H,5-6,8-10H2,1-4H3,(H,24,28)(H,25,29)(H,26,27)(H,30,31). The van der Waals surface area contributed by atoms with Crippen molar-refractivity contribution >= 4 is 23.7 Å². The summed E-state index contributed by atoms with van der Waals surface area (Å²) in [5, 5.41) is 17.8. The smallest absolute Gasteiger partial charge is 0.326 e. The largest absolute Gasteiger partial charge is 0.480 e. The second kappa shape index (κ2) is 8.72. The minimum Gasteiger partial charge on any atom is -0.480 e. The van der Waals surface area contributed by atoms with Gasteiger partial charge in [0.25, 0.3) is 5.91 Å². The molecule has 170 valence electrons. The number of aromatic amines is 1. The molecule has 1 aromatic heterocycles. The Kier molecular flexibility index (Phi) is 6.43. The zero-order chi connectivity index (χ0) is 22.9. The van der Waals surface area contributed by atoms with Gasteiger partial charge in [-0.2, -0.15) is 0 Å². The lowest BCUT2D eigenvalue weighted by molar-refractivity contribution is -0.142. The highest BCUT2D eigenvalue weighted by Gasteiger charge is 2.40. The van der Waals surface area contributed by atoms with Crippen LogP contribution in [0.1, 0.15) is 67.7 Å². The van der Waals surface area contributed by atoms with Crippen molar-refractivity contribution in [1.29, 1.82) is 0 Å². The van der Waals surface area contributed by atoms with Crippen molar-refractivity contribution in [2.75, 3.05) is 0 Å². The molecule has 9 heteroatoms. The summed E-state index contributed by atoms with van der Waals surface area (Å²) < 4.78 is 0.